The lowest BCUT2D eigenvalue weighted by molar-refractivity contribution is 0.0981. The van der Waals surface area contributed by atoms with Crippen molar-refractivity contribution in [3.8, 4) is 0 Å². The van der Waals surface area contributed by atoms with Gasteiger partial charge in [-0.2, -0.15) is 0 Å². The summed E-state index contributed by atoms with van der Waals surface area (Å²) >= 11 is 1.47. The van der Waals surface area contributed by atoms with Crippen LogP contribution in [0.5, 0.6) is 0 Å². The Labute approximate surface area is 126 Å². The molecule has 3 nitrogen and oxygen atoms in total. The molecular formula is C17H14N2OS. The van der Waals surface area contributed by atoms with Gasteiger partial charge in [-0.3, -0.25) is 4.79 Å². The number of para-hydroxylation sites is 2. The summed E-state index contributed by atoms with van der Waals surface area (Å²) in [6.45, 7) is 2.09. The number of hydrogen-bond donors (Lipinski definition) is 0. The van der Waals surface area contributed by atoms with Gasteiger partial charge in [-0.05, 0) is 37.1 Å². The summed E-state index contributed by atoms with van der Waals surface area (Å²) in [5.41, 5.74) is 3.15. The summed E-state index contributed by atoms with van der Waals surface area (Å²) in [6.07, 6.45) is 0.910. The lowest BCUT2D eigenvalue weighted by Gasteiger charge is -2.21. The van der Waals surface area contributed by atoms with Crippen molar-refractivity contribution in [2.45, 2.75) is 19.4 Å². The number of rotatable bonds is 1. The Hall–Kier alpha value is -2.20. The maximum atomic E-state index is 12.9. The Kier molecular flexibility index (Phi) is 2.79. The van der Waals surface area contributed by atoms with Gasteiger partial charge in [0.2, 0.25) is 0 Å². The molecule has 0 saturated heterocycles. The van der Waals surface area contributed by atoms with Crippen molar-refractivity contribution in [3.05, 3.63) is 59.1 Å². The molecule has 0 spiro atoms. The summed E-state index contributed by atoms with van der Waals surface area (Å²) in [6, 6.07) is 16.2. The average Bonchev–Trinajstić information content (AvgIpc) is 3.06. The first-order valence-corrected chi connectivity index (χ1v) is 7.83. The van der Waals surface area contributed by atoms with Crippen LogP contribution in [0, 0.1) is 0 Å². The summed E-state index contributed by atoms with van der Waals surface area (Å²) in [7, 11) is 0. The fraction of sp³-hybridized carbons (Fsp3) is 0.176. The number of aromatic nitrogens is 1. The highest BCUT2D eigenvalue weighted by atomic mass is 32.1. The number of anilines is 1. The van der Waals surface area contributed by atoms with Crippen molar-refractivity contribution in [1.29, 1.82) is 0 Å². The van der Waals surface area contributed by atoms with E-state index in [2.05, 4.69) is 18.0 Å². The molecule has 2 aromatic carbocycles. The van der Waals surface area contributed by atoms with E-state index in [9.17, 15) is 4.79 Å². The largest absolute Gasteiger partial charge is 0.303 e. The monoisotopic (exact) mass is 294 g/mol. The highest BCUT2D eigenvalue weighted by Crippen LogP contribution is 2.34. The second-order valence-electron chi connectivity index (χ2n) is 5.34. The highest BCUT2D eigenvalue weighted by Gasteiger charge is 2.32. The van der Waals surface area contributed by atoms with Crippen molar-refractivity contribution in [2.24, 2.45) is 0 Å². The number of amides is 1. The number of benzene rings is 2. The van der Waals surface area contributed by atoms with Gasteiger partial charge in [-0.15, -0.1) is 11.3 Å². The number of hydrogen-bond acceptors (Lipinski definition) is 3. The van der Waals surface area contributed by atoms with Crippen LogP contribution in [-0.2, 0) is 6.42 Å². The predicted molar refractivity (Wildman–Crippen MR) is 86.0 cm³/mol. The van der Waals surface area contributed by atoms with Gasteiger partial charge in [0, 0.05) is 11.7 Å². The van der Waals surface area contributed by atoms with Crippen molar-refractivity contribution >= 4 is 33.1 Å². The van der Waals surface area contributed by atoms with Gasteiger partial charge in [-0.25, -0.2) is 4.98 Å². The van der Waals surface area contributed by atoms with Crippen LogP contribution in [0.1, 0.15) is 22.3 Å². The second kappa shape index (κ2) is 4.67. The first-order chi connectivity index (χ1) is 10.2. The molecule has 0 fully saturated rings. The lowest BCUT2D eigenvalue weighted by atomic mass is 10.1. The van der Waals surface area contributed by atoms with Gasteiger partial charge < -0.3 is 4.90 Å². The van der Waals surface area contributed by atoms with Crippen molar-refractivity contribution in [2.75, 3.05) is 4.90 Å². The molecule has 4 rings (SSSR count). The maximum absolute atomic E-state index is 12.9. The Morgan fingerprint density at radius 2 is 1.95 bits per heavy atom. The molecular weight excluding hydrogens is 280 g/mol. The SMILES string of the molecule is CC1Cc2ccccc2N1C(=O)c1nc2ccccc2s1. The quantitative estimate of drug-likeness (QED) is 0.682. The molecule has 0 radical (unpaired) electrons. The zero-order valence-corrected chi connectivity index (χ0v) is 12.4. The molecule has 104 valence electrons. The second-order valence-corrected chi connectivity index (χ2v) is 6.37. The number of carbonyl (C=O) groups is 1. The highest BCUT2D eigenvalue weighted by molar-refractivity contribution is 7.20. The molecule has 1 aliphatic rings. The fourth-order valence-electron chi connectivity index (χ4n) is 2.94. The van der Waals surface area contributed by atoms with E-state index >= 15 is 0 Å². The minimum atomic E-state index is 0.00801. The minimum Gasteiger partial charge on any atom is -0.303 e. The Balaban J connectivity index is 1.77. The molecule has 0 aliphatic carbocycles. The smallest absolute Gasteiger partial charge is 0.287 e. The summed E-state index contributed by atoms with van der Waals surface area (Å²) in [4.78, 5) is 19.2. The molecule has 1 aromatic heterocycles. The van der Waals surface area contributed by atoms with Crippen molar-refractivity contribution < 1.29 is 4.79 Å². The number of carbonyl (C=O) groups excluding carboxylic acids is 1. The van der Waals surface area contributed by atoms with Crippen LogP contribution in [0.2, 0.25) is 0 Å². The molecule has 1 aliphatic heterocycles. The molecule has 1 unspecified atom stereocenters. The molecule has 0 saturated carbocycles. The van der Waals surface area contributed by atoms with Crippen LogP contribution >= 0.6 is 11.3 Å². The molecule has 0 bridgehead atoms. The third-order valence-corrected chi connectivity index (χ3v) is 4.93. The van der Waals surface area contributed by atoms with E-state index in [0.717, 1.165) is 22.3 Å². The molecule has 21 heavy (non-hydrogen) atoms. The minimum absolute atomic E-state index is 0.00801. The van der Waals surface area contributed by atoms with E-state index in [1.165, 1.54) is 16.9 Å². The van der Waals surface area contributed by atoms with Gasteiger partial charge in [0.25, 0.3) is 5.91 Å². The van der Waals surface area contributed by atoms with Gasteiger partial charge in [0.15, 0.2) is 5.01 Å². The van der Waals surface area contributed by atoms with E-state index in [-0.39, 0.29) is 11.9 Å². The van der Waals surface area contributed by atoms with Crippen LogP contribution < -0.4 is 4.90 Å². The Morgan fingerprint density at radius 1 is 1.19 bits per heavy atom. The fourth-order valence-corrected chi connectivity index (χ4v) is 3.84. The molecule has 0 N–H and O–H groups in total. The normalized spacial score (nSPS) is 17.2. The van der Waals surface area contributed by atoms with Crippen LogP contribution in [-0.4, -0.2) is 16.9 Å². The number of fused-ring (bicyclic) bond motifs is 2. The third kappa shape index (κ3) is 1.94. The van der Waals surface area contributed by atoms with Gasteiger partial charge >= 0.3 is 0 Å². The van der Waals surface area contributed by atoms with Crippen molar-refractivity contribution in [1.82, 2.24) is 4.98 Å². The van der Waals surface area contributed by atoms with Crippen LogP contribution in [0.25, 0.3) is 10.2 Å². The average molecular weight is 294 g/mol. The topological polar surface area (TPSA) is 33.2 Å². The van der Waals surface area contributed by atoms with Gasteiger partial charge in [0.1, 0.15) is 0 Å². The van der Waals surface area contributed by atoms with E-state index in [4.69, 9.17) is 0 Å². The van der Waals surface area contributed by atoms with Crippen LogP contribution in [0.15, 0.2) is 48.5 Å². The summed E-state index contributed by atoms with van der Waals surface area (Å²) in [5.74, 6) is 0.00801. The predicted octanol–water partition coefficient (Wildman–Crippen LogP) is 3.89. The maximum Gasteiger partial charge on any atom is 0.287 e. The van der Waals surface area contributed by atoms with Gasteiger partial charge in [0.05, 0.1) is 10.2 Å². The summed E-state index contributed by atoms with van der Waals surface area (Å²) in [5, 5.41) is 0.569. The molecule has 1 atom stereocenters. The molecule has 2 heterocycles. The van der Waals surface area contributed by atoms with E-state index in [1.54, 1.807) is 0 Å². The standard InChI is InChI=1S/C17H14N2OS/c1-11-10-12-6-2-4-8-14(12)19(11)17(20)16-18-13-7-3-5-9-15(13)21-16/h2-9,11H,10H2,1H3. The molecule has 3 aromatic rings. The zero-order chi connectivity index (χ0) is 14.4. The first kappa shape index (κ1) is 12.5. The summed E-state index contributed by atoms with van der Waals surface area (Å²) < 4.78 is 1.06. The van der Waals surface area contributed by atoms with E-state index < -0.39 is 0 Å². The Morgan fingerprint density at radius 3 is 2.81 bits per heavy atom. The van der Waals surface area contributed by atoms with Crippen LogP contribution in [0.4, 0.5) is 5.69 Å². The number of nitrogens with zero attached hydrogens (tertiary/aromatic N) is 2. The lowest BCUT2D eigenvalue weighted by Crippen LogP contribution is -2.35. The zero-order valence-electron chi connectivity index (χ0n) is 11.6. The van der Waals surface area contributed by atoms with E-state index in [0.29, 0.717) is 5.01 Å². The first-order valence-electron chi connectivity index (χ1n) is 7.01. The Bertz CT molecular complexity index is 806. The molecule has 1 amide bonds. The molecule has 4 heteroatoms. The van der Waals surface area contributed by atoms with Crippen molar-refractivity contribution in [3.63, 3.8) is 0 Å². The third-order valence-electron chi connectivity index (χ3n) is 3.90. The number of thiazole rings is 1. The van der Waals surface area contributed by atoms with E-state index in [1.807, 2.05) is 47.4 Å². The van der Waals surface area contributed by atoms with Gasteiger partial charge in [-0.1, -0.05) is 30.3 Å². The van der Waals surface area contributed by atoms with Crippen LogP contribution in [0.3, 0.4) is 0 Å².